The van der Waals surface area contributed by atoms with Gasteiger partial charge in [0.25, 0.3) is 0 Å². The number of rotatable bonds is 4. The number of carbonyl (C=O) groups is 1. The standard InChI is InChI=1S/C18H16FN3O/c19-15-5-3-14(4-6-15)18(9-10-18)12-21-17(23)22-16-7-1-13(11-20)2-8-16/h1-8H,9-10,12H2,(H2,21,22,23). The van der Waals surface area contributed by atoms with E-state index in [4.69, 9.17) is 5.26 Å². The van der Waals surface area contributed by atoms with Crippen LogP contribution in [0.15, 0.2) is 48.5 Å². The molecule has 0 spiro atoms. The molecule has 116 valence electrons. The number of anilines is 1. The van der Waals surface area contributed by atoms with Crippen molar-refractivity contribution in [2.45, 2.75) is 18.3 Å². The first-order chi connectivity index (χ1) is 11.1. The zero-order chi connectivity index (χ0) is 16.3. The number of hydrogen-bond donors (Lipinski definition) is 2. The Balaban J connectivity index is 1.56. The average molecular weight is 309 g/mol. The number of nitrogens with one attached hydrogen (secondary N) is 2. The van der Waals surface area contributed by atoms with E-state index in [1.165, 1.54) is 12.1 Å². The van der Waals surface area contributed by atoms with Crippen molar-refractivity contribution in [3.8, 4) is 6.07 Å². The van der Waals surface area contributed by atoms with Gasteiger partial charge in [0, 0.05) is 17.6 Å². The van der Waals surface area contributed by atoms with Gasteiger partial charge in [-0.1, -0.05) is 12.1 Å². The predicted octanol–water partition coefficient (Wildman–Crippen LogP) is 3.55. The molecule has 1 aliphatic carbocycles. The Kier molecular flexibility index (Phi) is 3.98. The van der Waals surface area contributed by atoms with Crippen molar-refractivity contribution in [3.05, 3.63) is 65.5 Å². The zero-order valence-corrected chi connectivity index (χ0v) is 12.5. The molecule has 0 radical (unpaired) electrons. The molecule has 3 rings (SSSR count). The van der Waals surface area contributed by atoms with E-state index in [-0.39, 0.29) is 17.3 Å². The van der Waals surface area contributed by atoms with Gasteiger partial charge in [0.1, 0.15) is 5.82 Å². The van der Waals surface area contributed by atoms with Gasteiger partial charge in [-0.05, 0) is 54.8 Å². The van der Waals surface area contributed by atoms with Crippen molar-refractivity contribution in [2.75, 3.05) is 11.9 Å². The summed E-state index contributed by atoms with van der Waals surface area (Å²) in [6.07, 6.45) is 1.96. The number of nitriles is 1. The van der Waals surface area contributed by atoms with Crippen LogP contribution in [0.2, 0.25) is 0 Å². The summed E-state index contributed by atoms with van der Waals surface area (Å²) in [4.78, 5) is 12.0. The monoisotopic (exact) mass is 309 g/mol. The molecule has 2 amide bonds. The fourth-order valence-electron chi connectivity index (χ4n) is 2.57. The fourth-order valence-corrected chi connectivity index (χ4v) is 2.57. The molecule has 1 aliphatic rings. The van der Waals surface area contributed by atoms with Crippen LogP contribution >= 0.6 is 0 Å². The second kappa shape index (κ2) is 6.09. The molecular formula is C18H16FN3O. The van der Waals surface area contributed by atoms with Gasteiger partial charge in [0.2, 0.25) is 0 Å². The summed E-state index contributed by atoms with van der Waals surface area (Å²) >= 11 is 0. The molecule has 0 atom stereocenters. The van der Waals surface area contributed by atoms with E-state index in [1.807, 2.05) is 6.07 Å². The maximum atomic E-state index is 13.0. The summed E-state index contributed by atoms with van der Waals surface area (Å²) in [6.45, 7) is 0.515. The minimum atomic E-state index is -0.289. The summed E-state index contributed by atoms with van der Waals surface area (Å²) in [5.74, 6) is -0.254. The fraction of sp³-hybridized carbons (Fsp3) is 0.222. The normalized spacial score (nSPS) is 14.6. The summed E-state index contributed by atoms with van der Waals surface area (Å²) in [5.41, 5.74) is 2.16. The first-order valence-electron chi connectivity index (χ1n) is 7.42. The Labute approximate surface area is 133 Å². The molecule has 2 aromatic carbocycles. The Hall–Kier alpha value is -2.87. The second-order valence-corrected chi connectivity index (χ2v) is 5.78. The first-order valence-corrected chi connectivity index (χ1v) is 7.42. The van der Waals surface area contributed by atoms with Crippen LogP contribution in [-0.2, 0) is 5.41 Å². The van der Waals surface area contributed by atoms with Crippen LogP contribution in [0.5, 0.6) is 0 Å². The quantitative estimate of drug-likeness (QED) is 0.907. The molecule has 0 aliphatic heterocycles. The molecule has 0 aromatic heterocycles. The zero-order valence-electron chi connectivity index (χ0n) is 12.5. The Morgan fingerprint density at radius 2 is 1.78 bits per heavy atom. The van der Waals surface area contributed by atoms with Crippen LogP contribution in [0, 0.1) is 17.1 Å². The van der Waals surface area contributed by atoms with E-state index in [9.17, 15) is 9.18 Å². The number of urea groups is 1. The van der Waals surface area contributed by atoms with Gasteiger partial charge in [0.05, 0.1) is 11.6 Å². The lowest BCUT2D eigenvalue weighted by Crippen LogP contribution is -2.35. The van der Waals surface area contributed by atoms with E-state index in [0.717, 1.165) is 18.4 Å². The number of benzene rings is 2. The number of halogens is 1. The lowest BCUT2D eigenvalue weighted by molar-refractivity contribution is 0.251. The van der Waals surface area contributed by atoms with Crippen LogP contribution in [0.1, 0.15) is 24.0 Å². The minimum absolute atomic E-state index is 0.0737. The molecule has 0 bridgehead atoms. The Morgan fingerprint density at radius 1 is 1.13 bits per heavy atom. The van der Waals surface area contributed by atoms with Crippen molar-refractivity contribution in [1.82, 2.24) is 5.32 Å². The third-order valence-electron chi connectivity index (χ3n) is 4.17. The van der Waals surface area contributed by atoms with Gasteiger partial charge >= 0.3 is 6.03 Å². The molecule has 1 saturated carbocycles. The van der Waals surface area contributed by atoms with E-state index >= 15 is 0 Å². The second-order valence-electron chi connectivity index (χ2n) is 5.78. The van der Waals surface area contributed by atoms with Crippen LogP contribution in [0.4, 0.5) is 14.9 Å². The largest absolute Gasteiger partial charge is 0.337 e. The van der Waals surface area contributed by atoms with Gasteiger partial charge in [-0.15, -0.1) is 0 Å². The van der Waals surface area contributed by atoms with Gasteiger partial charge in [-0.25, -0.2) is 9.18 Å². The molecule has 0 saturated heterocycles. The summed E-state index contributed by atoms with van der Waals surface area (Å²) in [6, 6.07) is 14.9. The molecule has 2 aromatic rings. The van der Waals surface area contributed by atoms with Crippen molar-refractivity contribution in [2.24, 2.45) is 0 Å². The molecule has 5 heteroatoms. The highest BCUT2D eigenvalue weighted by molar-refractivity contribution is 5.89. The SMILES string of the molecule is N#Cc1ccc(NC(=O)NCC2(c3ccc(F)cc3)CC2)cc1. The van der Waals surface area contributed by atoms with Crippen LogP contribution in [-0.4, -0.2) is 12.6 Å². The van der Waals surface area contributed by atoms with Crippen molar-refractivity contribution in [3.63, 3.8) is 0 Å². The molecular weight excluding hydrogens is 293 g/mol. The van der Waals surface area contributed by atoms with Crippen molar-refractivity contribution < 1.29 is 9.18 Å². The lowest BCUT2D eigenvalue weighted by atomic mass is 9.96. The first kappa shape index (κ1) is 15.0. The maximum Gasteiger partial charge on any atom is 0.319 e. The van der Waals surface area contributed by atoms with Gasteiger partial charge in [-0.3, -0.25) is 0 Å². The summed E-state index contributed by atoms with van der Waals surface area (Å²) in [7, 11) is 0. The molecule has 0 unspecified atom stereocenters. The van der Waals surface area contributed by atoms with Crippen LogP contribution < -0.4 is 10.6 Å². The van der Waals surface area contributed by atoms with Gasteiger partial charge in [0.15, 0.2) is 0 Å². The van der Waals surface area contributed by atoms with Crippen LogP contribution in [0.25, 0.3) is 0 Å². The molecule has 1 fully saturated rings. The Bertz CT molecular complexity index is 743. The highest BCUT2D eigenvalue weighted by Gasteiger charge is 2.44. The van der Waals surface area contributed by atoms with E-state index in [0.29, 0.717) is 17.8 Å². The number of hydrogen-bond acceptors (Lipinski definition) is 2. The smallest absolute Gasteiger partial charge is 0.319 e. The maximum absolute atomic E-state index is 13.0. The predicted molar refractivity (Wildman–Crippen MR) is 85.5 cm³/mol. The molecule has 2 N–H and O–H groups in total. The van der Waals surface area contributed by atoms with Crippen LogP contribution in [0.3, 0.4) is 0 Å². The van der Waals surface area contributed by atoms with E-state index in [1.54, 1.807) is 36.4 Å². The van der Waals surface area contributed by atoms with Gasteiger partial charge < -0.3 is 10.6 Å². The van der Waals surface area contributed by atoms with E-state index in [2.05, 4.69) is 10.6 Å². The number of nitrogens with zero attached hydrogens (tertiary/aromatic N) is 1. The Morgan fingerprint density at radius 3 is 2.35 bits per heavy atom. The summed E-state index contributed by atoms with van der Waals surface area (Å²) in [5, 5.41) is 14.3. The third-order valence-corrected chi connectivity index (χ3v) is 4.17. The van der Waals surface area contributed by atoms with Gasteiger partial charge in [-0.2, -0.15) is 5.26 Å². The lowest BCUT2D eigenvalue weighted by Gasteiger charge is -2.17. The average Bonchev–Trinajstić information content (AvgIpc) is 3.35. The highest BCUT2D eigenvalue weighted by Crippen LogP contribution is 2.47. The number of carbonyl (C=O) groups excluding carboxylic acids is 1. The highest BCUT2D eigenvalue weighted by atomic mass is 19.1. The van der Waals surface area contributed by atoms with E-state index < -0.39 is 0 Å². The number of amides is 2. The topological polar surface area (TPSA) is 64.9 Å². The molecule has 23 heavy (non-hydrogen) atoms. The molecule has 4 nitrogen and oxygen atoms in total. The minimum Gasteiger partial charge on any atom is -0.337 e. The third kappa shape index (κ3) is 3.49. The summed E-state index contributed by atoms with van der Waals surface area (Å²) < 4.78 is 13.0. The molecule has 0 heterocycles. The van der Waals surface area contributed by atoms with Crippen molar-refractivity contribution in [1.29, 1.82) is 5.26 Å². The van der Waals surface area contributed by atoms with Crippen molar-refractivity contribution >= 4 is 11.7 Å².